The van der Waals surface area contributed by atoms with E-state index in [0.717, 1.165) is 54.6 Å². The lowest BCUT2D eigenvalue weighted by molar-refractivity contribution is -0.139. The van der Waals surface area contributed by atoms with E-state index in [4.69, 9.17) is 0 Å². The Morgan fingerprint density at radius 3 is 2.62 bits per heavy atom. The number of carbonyl (C=O) groups is 1. The van der Waals surface area contributed by atoms with Gasteiger partial charge in [0.25, 0.3) is 0 Å². The van der Waals surface area contributed by atoms with Crippen molar-refractivity contribution < 1.29 is 14.3 Å². The molecule has 29 heavy (non-hydrogen) atoms. The molecule has 0 aromatic heterocycles. The van der Waals surface area contributed by atoms with Crippen LogP contribution in [0.1, 0.15) is 37.3 Å². The lowest BCUT2D eigenvalue weighted by atomic mass is 9.80. The van der Waals surface area contributed by atoms with Gasteiger partial charge in [0.2, 0.25) is 5.91 Å². The van der Waals surface area contributed by atoms with Crippen LogP contribution in [0.5, 0.6) is 0 Å². The smallest absolute Gasteiger partial charge is 0.226 e. The Labute approximate surface area is 170 Å². The number of likely N-dealkylation sites (tertiary alicyclic amines) is 1. The maximum atomic E-state index is 13.8. The van der Waals surface area contributed by atoms with E-state index in [1.165, 1.54) is 6.07 Å². The Morgan fingerprint density at radius 2 is 1.93 bits per heavy atom. The number of likely N-dealkylation sites (N-methyl/N-ethyl adjacent to an activating group) is 1. The van der Waals surface area contributed by atoms with Crippen LogP contribution in [0.25, 0.3) is 11.1 Å². The highest BCUT2D eigenvalue weighted by molar-refractivity contribution is 5.81. The second-order valence-electron chi connectivity index (χ2n) is 8.70. The van der Waals surface area contributed by atoms with Gasteiger partial charge in [0.1, 0.15) is 5.82 Å². The van der Waals surface area contributed by atoms with Gasteiger partial charge < -0.3 is 14.9 Å². The van der Waals surface area contributed by atoms with Crippen LogP contribution in [0.15, 0.2) is 42.5 Å². The summed E-state index contributed by atoms with van der Waals surface area (Å²) in [6, 6.07) is 12.8. The fraction of sp³-hybridized carbons (Fsp3) is 0.458. The number of fused-ring (bicyclic) bond motifs is 3. The van der Waals surface area contributed by atoms with E-state index in [9.17, 15) is 14.3 Å². The standard InChI is InChI=1S/C24H27FN2O2/c1-26-21-9-8-17(16-6-3-7-18(25)12-16)13-20(21)23-19(22(26)14-28)10-11-27(23)24(29)15-4-2-5-15/h3,6-9,12-13,15,19,22-23,28H,2,4-5,10-11,14H2,1H3/t19-,22+,23-/m0/s1. The van der Waals surface area contributed by atoms with Crippen LogP contribution < -0.4 is 4.90 Å². The molecule has 0 radical (unpaired) electrons. The molecule has 5 heteroatoms. The molecule has 3 atom stereocenters. The Bertz CT molecular complexity index is 942. The van der Waals surface area contributed by atoms with Crippen molar-refractivity contribution in [3.05, 3.63) is 53.8 Å². The molecule has 2 heterocycles. The van der Waals surface area contributed by atoms with Crippen molar-refractivity contribution in [1.29, 1.82) is 0 Å². The molecule has 2 fully saturated rings. The van der Waals surface area contributed by atoms with E-state index in [1.54, 1.807) is 12.1 Å². The van der Waals surface area contributed by atoms with Gasteiger partial charge >= 0.3 is 0 Å². The number of hydrogen-bond acceptors (Lipinski definition) is 3. The van der Waals surface area contributed by atoms with Gasteiger partial charge in [-0.1, -0.05) is 24.6 Å². The Kier molecular flexibility index (Phi) is 4.58. The van der Waals surface area contributed by atoms with Gasteiger partial charge in [-0.3, -0.25) is 4.79 Å². The first-order valence-corrected chi connectivity index (χ1v) is 10.6. The summed E-state index contributed by atoms with van der Waals surface area (Å²) in [6.07, 6.45) is 4.03. The first-order chi connectivity index (χ1) is 14.1. The second kappa shape index (κ2) is 7.13. The molecule has 0 bridgehead atoms. The number of aliphatic hydroxyl groups excluding tert-OH is 1. The third-order valence-electron chi connectivity index (χ3n) is 7.25. The van der Waals surface area contributed by atoms with Crippen LogP contribution in [0.3, 0.4) is 0 Å². The van der Waals surface area contributed by atoms with Gasteiger partial charge in [-0.05, 0) is 60.2 Å². The highest BCUT2D eigenvalue weighted by atomic mass is 19.1. The summed E-state index contributed by atoms with van der Waals surface area (Å²) in [5.74, 6) is 0.394. The van der Waals surface area contributed by atoms with Crippen molar-refractivity contribution in [2.24, 2.45) is 11.8 Å². The quantitative estimate of drug-likeness (QED) is 0.856. The van der Waals surface area contributed by atoms with Gasteiger partial charge in [-0.25, -0.2) is 4.39 Å². The third kappa shape index (κ3) is 2.94. The number of aliphatic hydroxyl groups is 1. The van der Waals surface area contributed by atoms with E-state index in [1.807, 2.05) is 19.2 Å². The van der Waals surface area contributed by atoms with Crippen LogP contribution in [-0.4, -0.2) is 42.2 Å². The lowest BCUT2D eigenvalue weighted by Crippen LogP contribution is -2.49. The van der Waals surface area contributed by atoms with Crippen molar-refractivity contribution in [3.8, 4) is 11.1 Å². The van der Waals surface area contributed by atoms with E-state index in [2.05, 4.69) is 21.9 Å². The molecule has 0 unspecified atom stereocenters. The monoisotopic (exact) mass is 394 g/mol. The zero-order chi connectivity index (χ0) is 20.1. The number of halogens is 1. The summed E-state index contributed by atoms with van der Waals surface area (Å²) in [4.78, 5) is 17.4. The first kappa shape index (κ1) is 18.6. The average Bonchev–Trinajstić information content (AvgIpc) is 3.12. The molecule has 3 aliphatic rings. The SMILES string of the molecule is CN1c2ccc(-c3cccc(F)c3)cc2[C@@H]2[C@@H](CCN2C(=O)C2CCC2)[C@H]1CO. The molecule has 2 aliphatic heterocycles. The van der Waals surface area contributed by atoms with Crippen LogP contribution in [0.4, 0.5) is 10.1 Å². The topological polar surface area (TPSA) is 43.8 Å². The average molecular weight is 394 g/mol. The molecular weight excluding hydrogens is 367 g/mol. The largest absolute Gasteiger partial charge is 0.394 e. The molecule has 5 rings (SSSR count). The van der Waals surface area contributed by atoms with Crippen LogP contribution in [0, 0.1) is 17.7 Å². The van der Waals surface area contributed by atoms with Gasteiger partial charge in [0, 0.05) is 31.1 Å². The lowest BCUT2D eigenvalue weighted by Gasteiger charge is -2.45. The zero-order valence-corrected chi connectivity index (χ0v) is 16.7. The molecule has 0 spiro atoms. The number of benzene rings is 2. The van der Waals surface area contributed by atoms with Gasteiger partial charge in [-0.2, -0.15) is 0 Å². The number of rotatable bonds is 3. The number of anilines is 1. The fourth-order valence-electron chi connectivity index (χ4n) is 5.44. The van der Waals surface area contributed by atoms with E-state index in [-0.39, 0.29) is 42.3 Å². The van der Waals surface area contributed by atoms with Crippen molar-refractivity contribution >= 4 is 11.6 Å². The number of amides is 1. The van der Waals surface area contributed by atoms with Gasteiger partial charge in [0.05, 0.1) is 18.7 Å². The minimum atomic E-state index is -0.252. The van der Waals surface area contributed by atoms with Gasteiger partial charge in [-0.15, -0.1) is 0 Å². The molecule has 1 aliphatic carbocycles. The molecule has 2 aromatic rings. The van der Waals surface area contributed by atoms with Crippen LogP contribution in [-0.2, 0) is 4.79 Å². The van der Waals surface area contributed by atoms with E-state index in [0.29, 0.717) is 0 Å². The Morgan fingerprint density at radius 1 is 1.14 bits per heavy atom. The predicted molar refractivity (Wildman–Crippen MR) is 111 cm³/mol. The van der Waals surface area contributed by atoms with Crippen molar-refractivity contribution in [2.75, 3.05) is 25.1 Å². The summed E-state index contributed by atoms with van der Waals surface area (Å²) in [6.45, 7) is 0.826. The highest BCUT2D eigenvalue weighted by Crippen LogP contribution is 2.50. The maximum Gasteiger partial charge on any atom is 0.226 e. The summed E-state index contributed by atoms with van der Waals surface area (Å²) in [5, 5.41) is 10.1. The summed E-state index contributed by atoms with van der Waals surface area (Å²) in [7, 11) is 2.02. The van der Waals surface area contributed by atoms with Crippen molar-refractivity contribution in [2.45, 2.75) is 37.8 Å². The first-order valence-electron chi connectivity index (χ1n) is 10.6. The Hall–Kier alpha value is -2.40. The summed E-state index contributed by atoms with van der Waals surface area (Å²) >= 11 is 0. The van der Waals surface area contributed by atoms with Gasteiger partial charge in [0.15, 0.2) is 0 Å². The predicted octanol–water partition coefficient (Wildman–Crippen LogP) is 3.99. The summed E-state index contributed by atoms with van der Waals surface area (Å²) < 4.78 is 13.8. The fourth-order valence-corrected chi connectivity index (χ4v) is 5.44. The maximum absolute atomic E-state index is 13.8. The second-order valence-corrected chi connectivity index (χ2v) is 8.70. The van der Waals surface area contributed by atoms with E-state index >= 15 is 0 Å². The molecule has 2 aromatic carbocycles. The number of hydrogen-bond donors (Lipinski definition) is 1. The number of carbonyl (C=O) groups excluding carboxylic acids is 1. The Balaban J connectivity index is 1.59. The number of nitrogens with zero attached hydrogens (tertiary/aromatic N) is 2. The minimum absolute atomic E-state index is 0.00621. The normalized spacial score (nSPS) is 26.1. The minimum Gasteiger partial charge on any atom is -0.394 e. The van der Waals surface area contributed by atoms with Crippen molar-refractivity contribution in [1.82, 2.24) is 4.90 Å². The molecular formula is C24H27FN2O2. The van der Waals surface area contributed by atoms with Crippen molar-refractivity contribution in [3.63, 3.8) is 0 Å². The molecule has 4 nitrogen and oxygen atoms in total. The van der Waals surface area contributed by atoms with E-state index < -0.39 is 0 Å². The molecule has 1 saturated carbocycles. The molecule has 152 valence electrons. The highest BCUT2D eigenvalue weighted by Gasteiger charge is 2.48. The molecule has 1 N–H and O–H groups in total. The third-order valence-corrected chi connectivity index (χ3v) is 7.25. The van der Waals surface area contributed by atoms with Crippen LogP contribution in [0.2, 0.25) is 0 Å². The molecule has 1 amide bonds. The zero-order valence-electron chi connectivity index (χ0n) is 16.7. The molecule has 1 saturated heterocycles. The summed E-state index contributed by atoms with van der Waals surface area (Å²) in [5.41, 5.74) is 3.97. The van der Waals surface area contributed by atoms with Crippen LogP contribution >= 0.6 is 0 Å².